The maximum absolute atomic E-state index is 13.8. The van der Waals surface area contributed by atoms with Crippen molar-refractivity contribution in [2.75, 3.05) is 0 Å². The van der Waals surface area contributed by atoms with E-state index in [1.807, 2.05) is 68.6 Å². The van der Waals surface area contributed by atoms with Crippen LogP contribution in [0.2, 0.25) is 0 Å². The Kier molecular flexibility index (Phi) is 6.34. The summed E-state index contributed by atoms with van der Waals surface area (Å²) in [7, 11) is 0. The summed E-state index contributed by atoms with van der Waals surface area (Å²) in [4.78, 5) is 41.1. The third-order valence-electron chi connectivity index (χ3n) is 8.02. The molecule has 0 spiro atoms. The molecule has 0 fully saturated rings. The molecule has 0 bridgehead atoms. The zero-order valence-corrected chi connectivity index (χ0v) is 23.9. The fourth-order valence-electron chi connectivity index (χ4n) is 6.11. The van der Waals surface area contributed by atoms with Gasteiger partial charge in [0.15, 0.2) is 5.78 Å². The fraction of sp³-hybridized carbons (Fsp3) is 0.242. The van der Waals surface area contributed by atoms with Gasteiger partial charge < -0.3 is 4.74 Å². The number of allylic oxidation sites excluding steroid dienone is 2. The lowest BCUT2D eigenvalue weighted by Crippen LogP contribution is -2.33. The van der Waals surface area contributed by atoms with E-state index in [9.17, 15) is 14.4 Å². The number of aromatic nitrogens is 6. The van der Waals surface area contributed by atoms with Gasteiger partial charge in [0, 0.05) is 12.0 Å². The summed E-state index contributed by atoms with van der Waals surface area (Å²) in [6.07, 6.45) is 2.71. The van der Waals surface area contributed by atoms with Gasteiger partial charge in [-0.2, -0.15) is 0 Å². The normalized spacial score (nSPS) is 17.2. The van der Waals surface area contributed by atoms with Crippen molar-refractivity contribution >= 4 is 11.5 Å². The van der Waals surface area contributed by atoms with Crippen molar-refractivity contribution in [3.63, 3.8) is 0 Å². The number of ketones is 1. The molecule has 43 heavy (non-hydrogen) atoms. The molecule has 10 nitrogen and oxygen atoms in total. The molecule has 1 unspecified atom stereocenters. The number of para-hydroxylation sites is 1. The fourth-order valence-corrected chi connectivity index (χ4v) is 6.11. The quantitative estimate of drug-likeness (QED) is 0.288. The van der Waals surface area contributed by atoms with Gasteiger partial charge in [-0.05, 0) is 47.2 Å². The lowest BCUT2D eigenvalue weighted by atomic mass is 9.74. The molecular weight excluding hydrogens is 544 g/mol. The van der Waals surface area contributed by atoms with Gasteiger partial charge in [-0.25, -0.2) is 28.2 Å². The number of nitrogens with zero attached hydrogens (tertiary/aromatic N) is 6. The molecule has 216 valence electrons. The minimum absolute atomic E-state index is 0.0450. The first-order valence-corrected chi connectivity index (χ1v) is 14.2. The first-order valence-electron chi connectivity index (χ1n) is 14.2. The van der Waals surface area contributed by atoms with Gasteiger partial charge >= 0.3 is 11.4 Å². The summed E-state index contributed by atoms with van der Waals surface area (Å²) in [6.45, 7) is 4.87. The number of hydrogen-bond donors (Lipinski definition) is 0. The highest BCUT2D eigenvalue weighted by molar-refractivity contribution is 6.04. The molecule has 0 saturated carbocycles. The standard InChI is InChI=1S/C33H30N6O4/c1-33(2)17-27-29(28(40)18-33)30(39-32(42)37(31(41)38(27)39)25-11-7-4-8-12-25)23-13-15-26(16-14-23)43-21-24-20-36(35-34-24)19-22-9-5-3-6-10-22/h3-16,20,30H,17-19,21H2,1-2H3. The molecule has 5 aromatic rings. The van der Waals surface area contributed by atoms with E-state index in [0.29, 0.717) is 47.8 Å². The zero-order chi connectivity index (χ0) is 29.7. The van der Waals surface area contributed by atoms with Crippen molar-refractivity contribution in [3.8, 4) is 11.4 Å². The molecule has 1 aliphatic carbocycles. The van der Waals surface area contributed by atoms with E-state index in [2.05, 4.69) is 10.3 Å². The highest BCUT2D eigenvalue weighted by atomic mass is 16.5. The minimum Gasteiger partial charge on any atom is -0.487 e. The predicted molar refractivity (Wildman–Crippen MR) is 160 cm³/mol. The molecule has 0 N–H and O–H groups in total. The summed E-state index contributed by atoms with van der Waals surface area (Å²) in [5, 5.41) is 8.41. The van der Waals surface area contributed by atoms with Gasteiger partial charge in [0.2, 0.25) is 0 Å². The number of carbonyl (C=O) groups is 1. The monoisotopic (exact) mass is 574 g/mol. The highest BCUT2D eigenvalue weighted by Crippen LogP contribution is 2.46. The number of fused-ring (bicyclic) bond motifs is 2. The van der Waals surface area contributed by atoms with Gasteiger partial charge in [-0.1, -0.05) is 79.7 Å². The lowest BCUT2D eigenvalue weighted by molar-refractivity contribution is -0.118. The first-order chi connectivity index (χ1) is 20.8. The van der Waals surface area contributed by atoms with Gasteiger partial charge in [-0.3, -0.25) is 4.79 Å². The Morgan fingerprint density at radius 2 is 1.56 bits per heavy atom. The van der Waals surface area contributed by atoms with Crippen LogP contribution in [0.4, 0.5) is 0 Å². The van der Waals surface area contributed by atoms with E-state index < -0.39 is 17.4 Å². The second-order valence-corrected chi connectivity index (χ2v) is 11.8. The van der Waals surface area contributed by atoms with Gasteiger partial charge in [0.1, 0.15) is 24.1 Å². The molecular formula is C33H30N6O4. The van der Waals surface area contributed by atoms with Crippen LogP contribution in [0.5, 0.6) is 5.75 Å². The van der Waals surface area contributed by atoms with Crippen LogP contribution < -0.4 is 16.1 Å². The van der Waals surface area contributed by atoms with Crippen molar-refractivity contribution in [3.05, 3.63) is 134 Å². The summed E-state index contributed by atoms with van der Waals surface area (Å²) < 4.78 is 11.8. The topological polar surface area (TPSA) is 106 Å². The van der Waals surface area contributed by atoms with Gasteiger partial charge in [0.05, 0.1) is 24.1 Å². The molecule has 1 atom stereocenters. The number of benzene rings is 3. The van der Waals surface area contributed by atoms with Crippen LogP contribution in [-0.2, 0) is 17.9 Å². The van der Waals surface area contributed by atoms with E-state index >= 15 is 0 Å². The van der Waals surface area contributed by atoms with Crippen molar-refractivity contribution in [1.29, 1.82) is 0 Å². The van der Waals surface area contributed by atoms with Crippen LogP contribution in [0.1, 0.15) is 49.6 Å². The molecule has 2 aromatic heterocycles. The Labute approximate surface area is 247 Å². The molecule has 10 heteroatoms. The maximum Gasteiger partial charge on any atom is 0.356 e. The third-order valence-corrected chi connectivity index (χ3v) is 8.02. The maximum atomic E-state index is 13.8. The molecule has 0 saturated heterocycles. The van der Waals surface area contributed by atoms with Crippen molar-refractivity contribution < 1.29 is 9.53 Å². The van der Waals surface area contributed by atoms with Crippen LogP contribution in [0, 0.1) is 5.41 Å². The van der Waals surface area contributed by atoms with Crippen molar-refractivity contribution in [2.24, 2.45) is 5.41 Å². The molecule has 0 amide bonds. The smallest absolute Gasteiger partial charge is 0.356 e. The average molecular weight is 575 g/mol. The number of carbonyl (C=O) groups excluding carboxylic acids is 1. The SMILES string of the molecule is CC1(C)CC(=O)C2=C(C1)n1c(=O)n(-c3ccccc3)c(=O)n1C2c1ccc(OCc2cn(Cc3ccccc3)nn2)cc1. The third kappa shape index (κ3) is 4.74. The second kappa shape index (κ2) is 10.2. The molecule has 2 aliphatic rings. The summed E-state index contributed by atoms with van der Waals surface area (Å²) in [5.74, 6) is 0.563. The molecule has 3 heterocycles. The molecule has 0 radical (unpaired) electrons. The minimum atomic E-state index is -0.712. The Bertz CT molecular complexity index is 1980. The number of rotatable bonds is 7. The van der Waals surface area contributed by atoms with E-state index in [0.717, 1.165) is 11.1 Å². The van der Waals surface area contributed by atoms with Crippen LogP contribution in [0.3, 0.4) is 0 Å². The molecule has 1 aliphatic heterocycles. The van der Waals surface area contributed by atoms with Crippen LogP contribution >= 0.6 is 0 Å². The van der Waals surface area contributed by atoms with Crippen LogP contribution in [-0.4, -0.2) is 34.7 Å². The largest absolute Gasteiger partial charge is 0.487 e. The van der Waals surface area contributed by atoms with Crippen molar-refractivity contribution in [1.82, 2.24) is 28.9 Å². The van der Waals surface area contributed by atoms with E-state index in [1.165, 1.54) is 13.9 Å². The molecule has 7 rings (SSSR count). The van der Waals surface area contributed by atoms with Crippen molar-refractivity contribution in [2.45, 2.75) is 45.9 Å². The molecule has 3 aromatic carbocycles. The number of hydrogen-bond acceptors (Lipinski definition) is 6. The lowest BCUT2D eigenvalue weighted by Gasteiger charge is -2.30. The Hall–Kier alpha value is -5.25. The number of ether oxygens (including phenoxy) is 1. The summed E-state index contributed by atoms with van der Waals surface area (Å²) >= 11 is 0. The predicted octanol–water partition coefficient (Wildman–Crippen LogP) is 4.22. The van der Waals surface area contributed by atoms with Gasteiger partial charge in [-0.15, -0.1) is 5.10 Å². The van der Waals surface area contributed by atoms with Gasteiger partial charge in [0.25, 0.3) is 0 Å². The average Bonchev–Trinajstić information content (AvgIpc) is 3.66. The number of Topliss-reactive ketones (excluding diaryl/α,β-unsaturated/α-hetero) is 1. The highest BCUT2D eigenvalue weighted by Gasteiger charge is 2.45. The Morgan fingerprint density at radius 3 is 2.28 bits per heavy atom. The Morgan fingerprint density at radius 1 is 0.860 bits per heavy atom. The zero-order valence-electron chi connectivity index (χ0n) is 23.9. The van der Waals surface area contributed by atoms with E-state index in [4.69, 9.17) is 4.74 Å². The summed E-state index contributed by atoms with van der Waals surface area (Å²) in [5.41, 5.74) is 2.85. The van der Waals surface area contributed by atoms with Crippen LogP contribution in [0.25, 0.3) is 11.4 Å². The second-order valence-electron chi connectivity index (χ2n) is 11.8. The van der Waals surface area contributed by atoms with E-state index in [1.54, 1.807) is 41.1 Å². The Balaban J connectivity index is 1.18. The first kappa shape index (κ1) is 26.6. The summed E-state index contributed by atoms with van der Waals surface area (Å²) in [6, 6.07) is 25.5. The van der Waals surface area contributed by atoms with E-state index in [-0.39, 0.29) is 17.8 Å². The van der Waals surface area contributed by atoms with Crippen LogP contribution in [0.15, 0.2) is 106 Å².